The molecule has 0 amide bonds. The minimum Gasteiger partial charge on any atom is -0.384 e. The third-order valence-corrected chi connectivity index (χ3v) is 7.73. The third kappa shape index (κ3) is 11.6. The van der Waals surface area contributed by atoms with Crippen LogP contribution in [0.15, 0.2) is 60.5 Å². The molecular formula is C35H53N5O. The van der Waals surface area contributed by atoms with Gasteiger partial charge >= 0.3 is 0 Å². The van der Waals surface area contributed by atoms with E-state index in [1.165, 1.54) is 17.6 Å². The van der Waals surface area contributed by atoms with E-state index in [9.17, 15) is 4.79 Å². The first-order chi connectivity index (χ1) is 19.7. The zero-order valence-electron chi connectivity index (χ0n) is 26.2. The molecule has 0 bridgehead atoms. The van der Waals surface area contributed by atoms with Crippen LogP contribution in [0.25, 0.3) is 5.70 Å². The Balaban J connectivity index is 0.00000187. The van der Waals surface area contributed by atoms with E-state index in [1.807, 2.05) is 26.0 Å². The van der Waals surface area contributed by atoms with Crippen LogP contribution in [0.4, 0.5) is 5.82 Å². The summed E-state index contributed by atoms with van der Waals surface area (Å²) >= 11 is 0. The summed E-state index contributed by atoms with van der Waals surface area (Å²) in [5.41, 5.74) is 11.3. The first-order valence-electron chi connectivity index (χ1n) is 15.3. The summed E-state index contributed by atoms with van der Waals surface area (Å²) in [6, 6.07) is 3.65. The number of nitrogens with two attached hydrogens (primary N) is 1. The molecule has 6 heteroatoms. The molecular weight excluding hydrogens is 506 g/mol. The fourth-order valence-electron chi connectivity index (χ4n) is 5.38. The van der Waals surface area contributed by atoms with Crippen LogP contribution < -0.4 is 16.4 Å². The minimum absolute atomic E-state index is 0.204. The van der Waals surface area contributed by atoms with Crippen LogP contribution in [0.5, 0.6) is 0 Å². The quantitative estimate of drug-likeness (QED) is 0.208. The van der Waals surface area contributed by atoms with Crippen LogP contribution in [0.3, 0.4) is 0 Å². The normalized spacial score (nSPS) is 20.1. The van der Waals surface area contributed by atoms with Crippen molar-refractivity contribution in [3.8, 4) is 11.8 Å². The van der Waals surface area contributed by atoms with Gasteiger partial charge in [-0.3, -0.25) is 9.69 Å². The highest BCUT2D eigenvalue weighted by Crippen LogP contribution is 2.30. The van der Waals surface area contributed by atoms with E-state index in [1.54, 1.807) is 12.3 Å². The number of anilines is 1. The number of allylic oxidation sites excluding steroid dienone is 3. The predicted molar refractivity (Wildman–Crippen MR) is 175 cm³/mol. The summed E-state index contributed by atoms with van der Waals surface area (Å²) in [6.07, 6.45) is 14.5. The maximum absolute atomic E-state index is 13.3. The van der Waals surface area contributed by atoms with Crippen molar-refractivity contribution in [1.29, 1.82) is 0 Å². The summed E-state index contributed by atoms with van der Waals surface area (Å²) in [5, 5.41) is 7.07. The Hall–Kier alpha value is -3.30. The number of Topliss-reactive ketones (excluding diaryl/α,β-unsaturated/α-hetero) is 1. The zero-order chi connectivity index (χ0) is 30.2. The number of nitrogens with zero attached hydrogens (tertiary/aromatic N) is 2. The van der Waals surface area contributed by atoms with Gasteiger partial charge in [0.2, 0.25) is 0 Å². The number of aromatic nitrogens is 1. The number of pyridine rings is 1. The van der Waals surface area contributed by atoms with Gasteiger partial charge in [0.1, 0.15) is 5.82 Å². The Morgan fingerprint density at radius 2 is 1.98 bits per heavy atom. The zero-order valence-corrected chi connectivity index (χ0v) is 26.2. The van der Waals surface area contributed by atoms with Crippen molar-refractivity contribution < 1.29 is 4.79 Å². The largest absolute Gasteiger partial charge is 0.384 e. The molecule has 0 spiro atoms. The second-order valence-electron chi connectivity index (χ2n) is 11.4. The predicted octanol–water partition coefficient (Wildman–Crippen LogP) is 6.64. The molecule has 3 atom stereocenters. The van der Waals surface area contributed by atoms with Gasteiger partial charge in [-0.05, 0) is 77.6 Å². The van der Waals surface area contributed by atoms with Gasteiger partial charge in [-0.1, -0.05) is 69.4 Å². The smallest absolute Gasteiger partial charge is 0.168 e. The van der Waals surface area contributed by atoms with E-state index in [0.29, 0.717) is 12.4 Å². The second kappa shape index (κ2) is 18.2. The van der Waals surface area contributed by atoms with Gasteiger partial charge in [-0.15, -0.1) is 5.92 Å². The molecule has 0 radical (unpaired) electrons. The number of carbonyl (C=O) groups is 1. The van der Waals surface area contributed by atoms with E-state index in [4.69, 9.17) is 5.73 Å². The number of carbonyl (C=O) groups excluding carboxylic acids is 1. The third-order valence-electron chi connectivity index (χ3n) is 7.73. The van der Waals surface area contributed by atoms with E-state index in [-0.39, 0.29) is 23.8 Å². The lowest BCUT2D eigenvalue weighted by Gasteiger charge is -2.36. The number of hydrogen-bond donors (Lipinski definition) is 3. The minimum atomic E-state index is -0.286. The van der Waals surface area contributed by atoms with Crippen LogP contribution in [-0.2, 0) is 4.79 Å². The van der Waals surface area contributed by atoms with Gasteiger partial charge in [0.25, 0.3) is 0 Å². The standard InChI is InChI=1S/C32H45N5O.C3H8/c1-6-7-8-9-14-28-21-37(19-12-13-23(28)2)22-31(38)26(5)35-25(4)29-15-10-11-16-30(29)36-24(3)27-17-18-32(33)34-20-27;1-3-2/h8-9,17-18,20,26,29-30,35-36H,3-4,10-16,19,21-22H2,1-2,5H3,(H2,33,34);3H2,1-2H3/b9-8-;/t26?,29-,30-;/m0./s1. The molecule has 0 aromatic carbocycles. The first-order valence-corrected chi connectivity index (χ1v) is 15.3. The van der Waals surface area contributed by atoms with Crippen molar-refractivity contribution in [2.45, 2.75) is 98.1 Å². The van der Waals surface area contributed by atoms with Crippen molar-refractivity contribution in [2.75, 3.05) is 25.4 Å². The van der Waals surface area contributed by atoms with Gasteiger partial charge in [-0.2, -0.15) is 0 Å². The molecule has 1 aromatic heterocycles. The Morgan fingerprint density at radius 3 is 2.66 bits per heavy atom. The molecule has 1 saturated carbocycles. The molecule has 1 aliphatic heterocycles. The van der Waals surface area contributed by atoms with E-state index in [2.05, 4.69) is 72.4 Å². The lowest BCUT2D eigenvalue weighted by atomic mass is 9.82. The van der Waals surface area contributed by atoms with Crippen molar-refractivity contribution in [2.24, 2.45) is 5.92 Å². The van der Waals surface area contributed by atoms with Gasteiger partial charge in [-0.25, -0.2) is 4.98 Å². The van der Waals surface area contributed by atoms with Crippen molar-refractivity contribution in [1.82, 2.24) is 20.5 Å². The molecule has 224 valence electrons. The highest BCUT2D eigenvalue weighted by atomic mass is 16.1. The van der Waals surface area contributed by atoms with E-state index >= 15 is 0 Å². The Morgan fingerprint density at radius 1 is 1.24 bits per heavy atom. The van der Waals surface area contributed by atoms with E-state index in [0.717, 1.165) is 75.0 Å². The summed E-state index contributed by atoms with van der Waals surface area (Å²) in [6.45, 7) is 21.1. The molecule has 1 fully saturated rings. The molecule has 0 saturated heterocycles. The SMILES string of the molecule is C=C(N[C@H]1CCCC[C@H]1C(=C)NC(C)C(=O)CN1CCCC(C)=C(C/C=C\C#CC)C1)c1ccc(N)nc1.CCC. The molecule has 1 aromatic rings. The maximum atomic E-state index is 13.3. The topological polar surface area (TPSA) is 83.3 Å². The lowest BCUT2D eigenvalue weighted by Crippen LogP contribution is -2.46. The van der Waals surface area contributed by atoms with Crippen molar-refractivity contribution >= 4 is 17.3 Å². The van der Waals surface area contributed by atoms with Crippen LogP contribution in [0.2, 0.25) is 0 Å². The van der Waals surface area contributed by atoms with Crippen molar-refractivity contribution in [3.05, 3.63) is 66.0 Å². The van der Waals surface area contributed by atoms with Crippen molar-refractivity contribution in [3.63, 3.8) is 0 Å². The number of ketones is 1. The summed E-state index contributed by atoms with van der Waals surface area (Å²) in [7, 11) is 0. The van der Waals surface area contributed by atoms with E-state index < -0.39 is 0 Å². The summed E-state index contributed by atoms with van der Waals surface area (Å²) < 4.78 is 0. The lowest BCUT2D eigenvalue weighted by molar-refractivity contribution is -0.121. The average Bonchev–Trinajstić information content (AvgIpc) is 3.12. The number of rotatable bonds is 11. The molecule has 4 N–H and O–H groups in total. The summed E-state index contributed by atoms with van der Waals surface area (Å²) in [5.74, 6) is 6.82. The van der Waals surface area contributed by atoms with Crippen LogP contribution in [0, 0.1) is 17.8 Å². The highest BCUT2D eigenvalue weighted by Gasteiger charge is 2.29. The fourth-order valence-corrected chi connectivity index (χ4v) is 5.38. The molecule has 6 nitrogen and oxygen atoms in total. The Labute approximate surface area is 249 Å². The van der Waals surface area contributed by atoms with Gasteiger partial charge in [0, 0.05) is 41.7 Å². The Bertz CT molecular complexity index is 1120. The molecule has 3 rings (SSSR count). The number of nitrogens with one attached hydrogen (secondary N) is 2. The summed E-state index contributed by atoms with van der Waals surface area (Å²) in [4.78, 5) is 19.7. The molecule has 1 unspecified atom stereocenters. The van der Waals surface area contributed by atoms with Crippen LogP contribution in [-0.4, -0.2) is 47.4 Å². The molecule has 2 heterocycles. The molecule has 41 heavy (non-hydrogen) atoms. The average molecular weight is 560 g/mol. The monoisotopic (exact) mass is 559 g/mol. The molecule has 2 aliphatic rings. The van der Waals surface area contributed by atoms with Gasteiger partial charge < -0.3 is 16.4 Å². The highest BCUT2D eigenvalue weighted by molar-refractivity contribution is 5.85. The second-order valence-corrected chi connectivity index (χ2v) is 11.4. The Kier molecular flexibility index (Phi) is 15.0. The fraction of sp³-hybridized carbons (Fsp3) is 0.543. The maximum Gasteiger partial charge on any atom is 0.168 e. The molecule has 1 aliphatic carbocycles. The number of hydrogen-bond acceptors (Lipinski definition) is 6. The van der Waals surface area contributed by atoms with Crippen LogP contribution >= 0.6 is 0 Å². The van der Waals surface area contributed by atoms with Crippen LogP contribution in [0.1, 0.15) is 91.5 Å². The van der Waals surface area contributed by atoms with Gasteiger partial charge in [0.05, 0.1) is 12.6 Å². The first kappa shape index (κ1) is 33.9. The number of nitrogen functional groups attached to an aromatic ring is 1. The van der Waals surface area contributed by atoms with Gasteiger partial charge in [0.15, 0.2) is 5.78 Å².